The second kappa shape index (κ2) is 8.01. The largest absolute Gasteiger partial charge is 0.354 e. The first kappa shape index (κ1) is 21.5. The normalized spacial score (nSPS) is 12.0. The molecule has 5 heterocycles. The zero-order valence-electron chi connectivity index (χ0n) is 21.4. The summed E-state index contributed by atoms with van der Waals surface area (Å²) >= 11 is 0. The van der Waals surface area contributed by atoms with E-state index >= 15 is 0 Å². The third-order valence-corrected chi connectivity index (χ3v) is 8.12. The van der Waals surface area contributed by atoms with Crippen molar-refractivity contribution in [1.82, 2.24) is 19.9 Å². The van der Waals surface area contributed by atoms with Crippen molar-refractivity contribution >= 4 is 43.6 Å². The molecule has 4 nitrogen and oxygen atoms in total. The van der Waals surface area contributed by atoms with Crippen LogP contribution < -0.4 is 0 Å². The number of H-pyrrole nitrogens is 2. The summed E-state index contributed by atoms with van der Waals surface area (Å²) in [6.45, 7) is 0. The highest BCUT2D eigenvalue weighted by atomic mass is 14.8. The van der Waals surface area contributed by atoms with Crippen LogP contribution in [0.1, 0.15) is 0 Å². The molecule has 186 valence electrons. The fourth-order valence-electron chi connectivity index (χ4n) is 6.27. The average Bonchev–Trinajstić information content (AvgIpc) is 3.73. The predicted molar refractivity (Wildman–Crippen MR) is 165 cm³/mol. The summed E-state index contributed by atoms with van der Waals surface area (Å²) in [4.78, 5) is 17.8. The van der Waals surface area contributed by atoms with Gasteiger partial charge in [-0.25, -0.2) is 9.97 Å². The summed E-state index contributed by atoms with van der Waals surface area (Å²) in [7, 11) is 0. The smallest absolute Gasteiger partial charge is 0.0738 e. The molecule has 0 unspecified atom stereocenters. The number of fused-ring (bicyclic) bond motifs is 20. The molecule has 40 heavy (non-hydrogen) atoms. The van der Waals surface area contributed by atoms with Gasteiger partial charge in [0.25, 0.3) is 0 Å². The van der Waals surface area contributed by atoms with Crippen molar-refractivity contribution in [2.45, 2.75) is 0 Å². The molecule has 2 aliphatic heterocycles. The van der Waals surface area contributed by atoms with E-state index in [1.165, 1.54) is 21.5 Å². The minimum absolute atomic E-state index is 0.930. The average molecular weight is 511 g/mol. The van der Waals surface area contributed by atoms with Gasteiger partial charge in [-0.1, -0.05) is 97.1 Å². The summed E-state index contributed by atoms with van der Waals surface area (Å²) in [5, 5.41) is 4.70. The highest BCUT2D eigenvalue weighted by Crippen LogP contribution is 2.41. The summed E-state index contributed by atoms with van der Waals surface area (Å²) < 4.78 is 0. The Morgan fingerprint density at radius 2 is 0.625 bits per heavy atom. The maximum Gasteiger partial charge on any atom is 0.0738 e. The Balaban J connectivity index is 1.51. The van der Waals surface area contributed by atoms with Crippen LogP contribution in [0.25, 0.3) is 88.6 Å². The molecular weight excluding hydrogens is 488 g/mol. The van der Waals surface area contributed by atoms with Gasteiger partial charge in [0, 0.05) is 65.9 Å². The molecule has 0 aliphatic carbocycles. The maximum absolute atomic E-state index is 5.16. The van der Waals surface area contributed by atoms with E-state index in [2.05, 4.69) is 131 Å². The molecule has 3 aromatic heterocycles. The maximum atomic E-state index is 5.16. The van der Waals surface area contributed by atoms with Crippen LogP contribution in [-0.4, -0.2) is 19.9 Å². The number of hydrogen-bond donors (Lipinski definition) is 2. The molecule has 4 heteroatoms. The number of nitrogens with one attached hydrogen (secondary N) is 2. The number of nitrogens with zero attached hydrogens (tertiary/aromatic N) is 2. The second-order valence-electron chi connectivity index (χ2n) is 10.4. The van der Waals surface area contributed by atoms with Gasteiger partial charge in [-0.15, -0.1) is 0 Å². The van der Waals surface area contributed by atoms with Crippen molar-refractivity contribution in [3.63, 3.8) is 0 Å². The molecule has 9 rings (SSSR count). The lowest BCUT2D eigenvalue weighted by Crippen LogP contribution is -1.77. The van der Waals surface area contributed by atoms with Gasteiger partial charge in [0.05, 0.1) is 22.8 Å². The summed E-state index contributed by atoms with van der Waals surface area (Å²) in [6, 6.07) is 42.7. The number of rotatable bonds is 0. The quantitative estimate of drug-likeness (QED) is 0.214. The first-order chi connectivity index (χ1) is 19.8. The Morgan fingerprint density at radius 1 is 0.325 bits per heavy atom. The van der Waals surface area contributed by atoms with Crippen molar-refractivity contribution in [2.75, 3.05) is 0 Å². The van der Waals surface area contributed by atoms with E-state index in [1.807, 2.05) is 0 Å². The third-order valence-electron chi connectivity index (χ3n) is 8.12. The molecule has 0 radical (unpaired) electrons. The lowest BCUT2D eigenvalue weighted by molar-refractivity contribution is 1.38. The van der Waals surface area contributed by atoms with Gasteiger partial charge in [0.2, 0.25) is 0 Å². The van der Waals surface area contributed by atoms with Gasteiger partial charge in [-0.05, 0) is 24.3 Å². The lowest BCUT2D eigenvalue weighted by Gasteiger charge is -1.99. The topological polar surface area (TPSA) is 57.4 Å². The van der Waals surface area contributed by atoms with E-state index in [-0.39, 0.29) is 0 Å². The Morgan fingerprint density at radius 3 is 1.00 bits per heavy atom. The van der Waals surface area contributed by atoms with Gasteiger partial charge >= 0.3 is 0 Å². The van der Waals surface area contributed by atoms with Gasteiger partial charge in [-0.2, -0.15) is 0 Å². The molecule has 0 fully saturated rings. The van der Waals surface area contributed by atoms with Gasteiger partial charge < -0.3 is 9.97 Å². The molecule has 8 bridgehead atoms. The van der Waals surface area contributed by atoms with Crippen LogP contribution in [0, 0.1) is 0 Å². The predicted octanol–water partition coefficient (Wildman–Crippen LogP) is 9.29. The summed E-state index contributed by atoms with van der Waals surface area (Å²) in [5.74, 6) is 0. The molecule has 7 aromatic rings. The zero-order valence-corrected chi connectivity index (χ0v) is 21.4. The number of aromatic amines is 2. The first-order valence-corrected chi connectivity index (χ1v) is 13.5. The van der Waals surface area contributed by atoms with Crippen LogP contribution >= 0.6 is 0 Å². The van der Waals surface area contributed by atoms with Crippen molar-refractivity contribution in [2.24, 2.45) is 0 Å². The lowest BCUT2D eigenvalue weighted by atomic mass is 10.0. The van der Waals surface area contributed by atoms with E-state index in [0.29, 0.717) is 0 Å². The standard InChI is InChI=1S/C36H22N4/c1-2-10-22-21(9-1)29-17-31-23-11-3-4-12-24(23)33(38-31)19-35-27-15-7-8-16-28(27)36(40-35)20-34-26-14-6-5-13-25(26)32(39-34)18-30(22)37-29/h1-20,37-38H. The van der Waals surface area contributed by atoms with Crippen molar-refractivity contribution in [3.8, 4) is 45.0 Å². The van der Waals surface area contributed by atoms with Crippen LogP contribution in [-0.2, 0) is 0 Å². The third kappa shape index (κ3) is 3.07. The Labute approximate surface area is 229 Å². The Bertz CT molecular complexity index is 2180. The molecule has 2 N–H and O–H groups in total. The highest BCUT2D eigenvalue weighted by molar-refractivity contribution is 6.12. The van der Waals surface area contributed by atoms with E-state index < -0.39 is 0 Å². The number of hydrogen-bond acceptors (Lipinski definition) is 2. The van der Waals surface area contributed by atoms with Crippen LogP contribution in [0.3, 0.4) is 0 Å². The van der Waals surface area contributed by atoms with E-state index in [1.54, 1.807) is 0 Å². The first-order valence-electron chi connectivity index (χ1n) is 13.5. The van der Waals surface area contributed by atoms with Crippen LogP contribution in [0.4, 0.5) is 0 Å². The van der Waals surface area contributed by atoms with Gasteiger partial charge in [0.15, 0.2) is 0 Å². The molecule has 0 spiro atoms. The molecular formula is C36H22N4. The van der Waals surface area contributed by atoms with Crippen molar-refractivity contribution < 1.29 is 0 Å². The van der Waals surface area contributed by atoms with Crippen molar-refractivity contribution in [1.29, 1.82) is 0 Å². The SMILES string of the molecule is c1ccc2c(c1)-c1cc3nc(cc4[nH]c(cc5[nH]c(cc-2n1)c1ccccc51)c1ccccc41)-c1ccccc1-3. The van der Waals surface area contributed by atoms with Crippen molar-refractivity contribution in [3.05, 3.63) is 121 Å². The molecule has 0 saturated carbocycles. The molecule has 0 saturated heterocycles. The Hall–Kier alpha value is -5.48. The molecule has 2 aliphatic rings. The molecule has 0 amide bonds. The van der Waals surface area contributed by atoms with Crippen LogP contribution in [0.2, 0.25) is 0 Å². The van der Waals surface area contributed by atoms with E-state index in [0.717, 1.165) is 67.1 Å². The van der Waals surface area contributed by atoms with Gasteiger partial charge in [-0.3, -0.25) is 0 Å². The second-order valence-corrected chi connectivity index (χ2v) is 10.4. The van der Waals surface area contributed by atoms with Gasteiger partial charge in [0.1, 0.15) is 0 Å². The van der Waals surface area contributed by atoms with Crippen LogP contribution in [0.15, 0.2) is 121 Å². The van der Waals surface area contributed by atoms with Crippen LogP contribution in [0.5, 0.6) is 0 Å². The zero-order chi connectivity index (χ0) is 26.2. The number of benzene rings is 4. The number of aromatic nitrogens is 4. The fourth-order valence-corrected chi connectivity index (χ4v) is 6.27. The monoisotopic (exact) mass is 510 g/mol. The Kier molecular flexibility index (Phi) is 4.30. The minimum Gasteiger partial charge on any atom is -0.354 e. The fraction of sp³-hybridized carbons (Fsp3) is 0. The highest BCUT2D eigenvalue weighted by Gasteiger charge is 2.20. The molecule has 0 atom stereocenters. The van der Waals surface area contributed by atoms with E-state index in [4.69, 9.17) is 9.97 Å². The summed E-state index contributed by atoms with van der Waals surface area (Å²) in [5.41, 5.74) is 12.5. The molecule has 4 aromatic carbocycles. The summed E-state index contributed by atoms with van der Waals surface area (Å²) in [6.07, 6.45) is 0. The minimum atomic E-state index is 0.930. The van der Waals surface area contributed by atoms with E-state index in [9.17, 15) is 0 Å².